The zero-order chi connectivity index (χ0) is 14.7. The first-order chi connectivity index (χ1) is 9.52. The number of aryl methyl sites for hydroxylation is 2. The SMILES string of the molecule is Cc1cccc(C)c1NC(=O)c1ccc(C#N)cc1F. The highest BCUT2D eigenvalue weighted by Crippen LogP contribution is 2.21. The van der Waals surface area contributed by atoms with Gasteiger partial charge < -0.3 is 5.32 Å². The van der Waals surface area contributed by atoms with Crippen LogP contribution >= 0.6 is 0 Å². The van der Waals surface area contributed by atoms with Crippen LogP contribution in [0.3, 0.4) is 0 Å². The molecular formula is C16H13FN2O. The number of nitriles is 1. The molecule has 0 atom stereocenters. The van der Waals surface area contributed by atoms with Gasteiger partial charge in [0.2, 0.25) is 0 Å². The van der Waals surface area contributed by atoms with Crippen molar-refractivity contribution in [3.05, 3.63) is 64.5 Å². The van der Waals surface area contributed by atoms with Crippen molar-refractivity contribution < 1.29 is 9.18 Å². The third-order valence-electron chi connectivity index (χ3n) is 3.06. The van der Waals surface area contributed by atoms with Crippen molar-refractivity contribution in [3.63, 3.8) is 0 Å². The van der Waals surface area contributed by atoms with Gasteiger partial charge in [0, 0.05) is 5.69 Å². The van der Waals surface area contributed by atoms with E-state index in [1.165, 1.54) is 12.1 Å². The molecule has 4 heteroatoms. The maximum atomic E-state index is 13.8. The number of benzene rings is 2. The monoisotopic (exact) mass is 268 g/mol. The van der Waals surface area contributed by atoms with E-state index in [1.54, 1.807) is 0 Å². The molecule has 0 aliphatic rings. The minimum absolute atomic E-state index is 0.0772. The molecule has 0 heterocycles. The number of carbonyl (C=O) groups is 1. The minimum atomic E-state index is -0.701. The van der Waals surface area contributed by atoms with Crippen LogP contribution in [0, 0.1) is 31.0 Å². The van der Waals surface area contributed by atoms with Crippen LogP contribution in [0.1, 0.15) is 27.0 Å². The fraction of sp³-hybridized carbons (Fsp3) is 0.125. The average Bonchev–Trinajstić information content (AvgIpc) is 2.42. The van der Waals surface area contributed by atoms with Gasteiger partial charge in [0.1, 0.15) is 5.82 Å². The lowest BCUT2D eigenvalue weighted by molar-refractivity contribution is 0.102. The molecule has 0 spiro atoms. The molecule has 1 amide bonds. The summed E-state index contributed by atoms with van der Waals surface area (Å²) in [5.74, 6) is -1.22. The van der Waals surface area contributed by atoms with E-state index in [4.69, 9.17) is 5.26 Å². The number of carbonyl (C=O) groups excluding carboxylic acids is 1. The molecule has 2 rings (SSSR count). The van der Waals surface area contributed by atoms with Gasteiger partial charge in [0.15, 0.2) is 0 Å². The molecule has 20 heavy (non-hydrogen) atoms. The normalized spacial score (nSPS) is 9.90. The summed E-state index contributed by atoms with van der Waals surface area (Å²) in [6.07, 6.45) is 0. The second kappa shape index (κ2) is 5.54. The molecule has 0 radical (unpaired) electrons. The lowest BCUT2D eigenvalue weighted by atomic mass is 10.1. The Bertz CT molecular complexity index is 697. The third-order valence-corrected chi connectivity index (χ3v) is 3.06. The lowest BCUT2D eigenvalue weighted by Gasteiger charge is -2.11. The van der Waals surface area contributed by atoms with E-state index in [-0.39, 0.29) is 11.1 Å². The minimum Gasteiger partial charge on any atom is -0.321 e. The van der Waals surface area contributed by atoms with Crippen molar-refractivity contribution in [1.29, 1.82) is 5.26 Å². The number of anilines is 1. The van der Waals surface area contributed by atoms with Crippen molar-refractivity contribution in [2.45, 2.75) is 13.8 Å². The summed E-state index contributed by atoms with van der Waals surface area (Å²) in [5, 5.41) is 11.4. The molecule has 0 aliphatic carbocycles. The Balaban J connectivity index is 2.32. The lowest BCUT2D eigenvalue weighted by Crippen LogP contribution is -2.15. The van der Waals surface area contributed by atoms with Crippen LogP contribution in [-0.4, -0.2) is 5.91 Å². The van der Waals surface area contributed by atoms with Gasteiger partial charge in [-0.15, -0.1) is 0 Å². The molecule has 0 fully saturated rings. The Hall–Kier alpha value is -2.67. The van der Waals surface area contributed by atoms with Crippen molar-refractivity contribution in [2.75, 3.05) is 5.32 Å². The number of amides is 1. The number of halogens is 1. The van der Waals surface area contributed by atoms with E-state index < -0.39 is 11.7 Å². The van der Waals surface area contributed by atoms with Gasteiger partial charge in [0.05, 0.1) is 17.2 Å². The molecule has 0 bridgehead atoms. The average molecular weight is 268 g/mol. The molecule has 0 unspecified atom stereocenters. The van der Waals surface area contributed by atoms with Gasteiger partial charge in [-0.05, 0) is 43.2 Å². The highest BCUT2D eigenvalue weighted by Gasteiger charge is 2.14. The van der Waals surface area contributed by atoms with Crippen molar-refractivity contribution in [3.8, 4) is 6.07 Å². The summed E-state index contributed by atoms with van der Waals surface area (Å²) in [7, 11) is 0. The molecule has 0 aromatic heterocycles. The topological polar surface area (TPSA) is 52.9 Å². The quantitative estimate of drug-likeness (QED) is 0.905. The number of nitrogens with one attached hydrogen (secondary N) is 1. The molecule has 1 N–H and O–H groups in total. The zero-order valence-electron chi connectivity index (χ0n) is 11.2. The summed E-state index contributed by atoms with van der Waals surface area (Å²) in [6, 6.07) is 11.3. The van der Waals surface area contributed by atoms with Gasteiger partial charge in [-0.25, -0.2) is 4.39 Å². The predicted molar refractivity (Wildman–Crippen MR) is 75.0 cm³/mol. The van der Waals surface area contributed by atoms with Gasteiger partial charge in [0.25, 0.3) is 5.91 Å². The smallest absolute Gasteiger partial charge is 0.258 e. The number of nitrogens with zero attached hydrogens (tertiary/aromatic N) is 1. The predicted octanol–water partition coefficient (Wildman–Crippen LogP) is 3.57. The van der Waals surface area contributed by atoms with Gasteiger partial charge in [-0.3, -0.25) is 4.79 Å². The molecule has 100 valence electrons. The van der Waals surface area contributed by atoms with Crippen LogP contribution in [0.25, 0.3) is 0 Å². The zero-order valence-corrected chi connectivity index (χ0v) is 11.2. The maximum absolute atomic E-state index is 13.8. The molecule has 2 aromatic carbocycles. The van der Waals surface area contributed by atoms with E-state index in [1.807, 2.05) is 38.1 Å². The Kier molecular flexibility index (Phi) is 3.81. The van der Waals surface area contributed by atoms with E-state index in [0.717, 1.165) is 17.2 Å². The molecule has 0 aliphatic heterocycles. The second-order valence-corrected chi connectivity index (χ2v) is 4.53. The first-order valence-corrected chi connectivity index (χ1v) is 6.10. The Morgan fingerprint density at radius 2 is 1.85 bits per heavy atom. The van der Waals surface area contributed by atoms with Gasteiger partial charge >= 0.3 is 0 Å². The van der Waals surface area contributed by atoms with Crippen molar-refractivity contribution in [1.82, 2.24) is 0 Å². The fourth-order valence-electron chi connectivity index (χ4n) is 1.96. The van der Waals surface area contributed by atoms with Crippen LogP contribution < -0.4 is 5.32 Å². The highest BCUT2D eigenvalue weighted by molar-refractivity contribution is 6.05. The van der Waals surface area contributed by atoms with Crippen LogP contribution in [0.4, 0.5) is 10.1 Å². The van der Waals surface area contributed by atoms with E-state index in [2.05, 4.69) is 5.32 Å². The third kappa shape index (κ3) is 2.67. The van der Waals surface area contributed by atoms with E-state index in [9.17, 15) is 9.18 Å². The number of rotatable bonds is 2. The summed E-state index contributed by atoms with van der Waals surface area (Å²) in [4.78, 5) is 12.1. The first kappa shape index (κ1) is 13.8. The van der Waals surface area contributed by atoms with Crippen molar-refractivity contribution in [2.24, 2.45) is 0 Å². The Morgan fingerprint density at radius 1 is 1.20 bits per heavy atom. The maximum Gasteiger partial charge on any atom is 0.258 e. The van der Waals surface area contributed by atoms with Gasteiger partial charge in [-0.2, -0.15) is 5.26 Å². The summed E-state index contributed by atoms with van der Waals surface area (Å²) in [6.45, 7) is 3.75. The molecule has 0 saturated carbocycles. The van der Waals surface area contributed by atoms with E-state index in [0.29, 0.717) is 5.69 Å². The summed E-state index contributed by atoms with van der Waals surface area (Å²) in [5.41, 5.74) is 2.61. The largest absolute Gasteiger partial charge is 0.321 e. The first-order valence-electron chi connectivity index (χ1n) is 6.10. The summed E-state index contributed by atoms with van der Waals surface area (Å²) >= 11 is 0. The molecule has 3 nitrogen and oxygen atoms in total. The molecule has 2 aromatic rings. The van der Waals surface area contributed by atoms with Crippen LogP contribution in [0.15, 0.2) is 36.4 Å². The van der Waals surface area contributed by atoms with Crippen LogP contribution in [-0.2, 0) is 0 Å². The van der Waals surface area contributed by atoms with Crippen LogP contribution in [0.2, 0.25) is 0 Å². The number of hydrogen-bond acceptors (Lipinski definition) is 2. The standard InChI is InChI=1S/C16H13FN2O/c1-10-4-3-5-11(2)15(10)19-16(20)13-7-6-12(9-18)8-14(13)17/h3-8H,1-2H3,(H,19,20). The van der Waals surface area contributed by atoms with Gasteiger partial charge in [-0.1, -0.05) is 18.2 Å². The number of hydrogen-bond donors (Lipinski definition) is 1. The summed E-state index contributed by atoms with van der Waals surface area (Å²) < 4.78 is 13.8. The molecular weight excluding hydrogens is 255 g/mol. The number of para-hydroxylation sites is 1. The fourth-order valence-corrected chi connectivity index (χ4v) is 1.96. The molecule has 0 saturated heterocycles. The van der Waals surface area contributed by atoms with E-state index >= 15 is 0 Å². The Morgan fingerprint density at radius 3 is 2.40 bits per heavy atom. The Labute approximate surface area is 116 Å². The van der Waals surface area contributed by atoms with Crippen LogP contribution in [0.5, 0.6) is 0 Å². The highest BCUT2D eigenvalue weighted by atomic mass is 19.1. The second-order valence-electron chi connectivity index (χ2n) is 4.53. The van der Waals surface area contributed by atoms with Crippen molar-refractivity contribution >= 4 is 11.6 Å².